The van der Waals surface area contributed by atoms with Crippen LogP contribution in [0.5, 0.6) is 0 Å². The van der Waals surface area contributed by atoms with Crippen molar-refractivity contribution in [3.05, 3.63) is 77.1 Å². The van der Waals surface area contributed by atoms with E-state index in [9.17, 15) is 5.11 Å². The highest BCUT2D eigenvalue weighted by Crippen LogP contribution is 2.16. The Labute approximate surface area is 130 Å². The third-order valence-electron chi connectivity index (χ3n) is 3.77. The van der Waals surface area contributed by atoms with Gasteiger partial charge in [-0.15, -0.1) is 5.10 Å². The molecular formula is C18H19N3O. The quantitative estimate of drug-likeness (QED) is 0.787. The van der Waals surface area contributed by atoms with Crippen LogP contribution in [0.15, 0.2) is 54.6 Å². The number of aliphatic hydroxyl groups is 1. The SMILES string of the molecule is Cc1ccc(CCc2c(CO)nnn2-c2ccccc2)cc1. The molecule has 0 atom stereocenters. The Morgan fingerprint density at radius 2 is 1.68 bits per heavy atom. The van der Waals surface area contributed by atoms with E-state index < -0.39 is 0 Å². The first-order valence-corrected chi connectivity index (χ1v) is 7.43. The zero-order valence-electron chi connectivity index (χ0n) is 12.6. The molecule has 0 fully saturated rings. The predicted molar refractivity (Wildman–Crippen MR) is 85.9 cm³/mol. The van der Waals surface area contributed by atoms with E-state index in [-0.39, 0.29) is 6.61 Å². The van der Waals surface area contributed by atoms with Crippen molar-refractivity contribution in [1.82, 2.24) is 15.0 Å². The van der Waals surface area contributed by atoms with Crippen molar-refractivity contribution in [2.75, 3.05) is 0 Å². The Morgan fingerprint density at radius 3 is 2.36 bits per heavy atom. The van der Waals surface area contributed by atoms with E-state index in [0.29, 0.717) is 5.69 Å². The average Bonchev–Trinajstić information content (AvgIpc) is 2.98. The van der Waals surface area contributed by atoms with Crippen LogP contribution < -0.4 is 0 Å². The third kappa shape index (κ3) is 3.07. The Kier molecular flexibility index (Phi) is 4.30. The molecule has 1 aromatic heterocycles. The molecule has 0 aliphatic carbocycles. The van der Waals surface area contributed by atoms with Crippen LogP contribution in [0.25, 0.3) is 5.69 Å². The molecule has 2 aromatic carbocycles. The van der Waals surface area contributed by atoms with Gasteiger partial charge in [0.05, 0.1) is 18.0 Å². The van der Waals surface area contributed by atoms with E-state index in [0.717, 1.165) is 24.2 Å². The van der Waals surface area contributed by atoms with Crippen molar-refractivity contribution >= 4 is 0 Å². The van der Waals surface area contributed by atoms with E-state index in [2.05, 4.69) is 41.5 Å². The second-order valence-electron chi connectivity index (χ2n) is 5.37. The zero-order chi connectivity index (χ0) is 15.4. The smallest absolute Gasteiger partial charge is 0.112 e. The molecule has 0 aliphatic heterocycles. The minimum Gasteiger partial charge on any atom is -0.390 e. The largest absolute Gasteiger partial charge is 0.390 e. The van der Waals surface area contributed by atoms with Crippen LogP contribution in [0, 0.1) is 6.92 Å². The number of aliphatic hydroxyl groups excluding tert-OH is 1. The zero-order valence-corrected chi connectivity index (χ0v) is 12.6. The predicted octanol–water partition coefficient (Wildman–Crippen LogP) is 2.85. The fourth-order valence-corrected chi connectivity index (χ4v) is 2.50. The van der Waals surface area contributed by atoms with E-state index in [1.165, 1.54) is 11.1 Å². The lowest BCUT2D eigenvalue weighted by Crippen LogP contribution is -2.05. The molecule has 0 saturated carbocycles. The van der Waals surface area contributed by atoms with Crippen LogP contribution in [-0.2, 0) is 19.4 Å². The van der Waals surface area contributed by atoms with Gasteiger partial charge in [0.1, 0.15) is 5.69 Å². The summed E-state index contributed by atoms with van der Waals surface area (Å²) in [5.74, 6) is 0. The standard InChI is InChI=1S/C18H19N3O/c1-14-7-9-15(10-8-14)11-12-18-17(13-22)19-20-21(18)16-5-3-2-4-6-16/h2-10,22H,11-13H2,1H3. The Bertz CT molecular complexity index is 733. The summed E-state index contributed by atoms with van der Waals surface area (Å²) in [5.41, 5.74) is 5.12. The second-order valence-corrected chi connectivity index (χ2v) is 5.37. The molecule has 0 radical (unpaired) electrons. The van der Waals surface area contributed by atoms with Crippen LogP contribution in [0.2, 0.25) is 0 Å². The minimum absolute atomic E-state index is 0.0872. The number of hydrogen-bond donors (Lipinski definition) is 1. The summed E-state index contributed by atoms with van der Waals surface area (Å²) >= 11 is 0. The van der Waals surface area contributed by atoms with Crippen molar-refractivity contribution in [3.63, 3.8) is 0 Å². The lowest BCUT2D eigenvalue weighted by atomic mass is 10.1. The fourth-order valence-electron chi connectivity index (χ4n) is 2.50. The number of aromatic nitrogens is 3. The molecule has 4 nitrogen and oxygen atoms in total. The molecule has 0 aliphatic rings. The Balaban J connectivity index is 1.86. The lowest BCUT2D eigenvalue weighted by Gasteiger charge is -2.08. The molecule has 3 aromatic rings. The number of hydrogen-bond acceptors (Lipinski definition) is 3. The number of nitrogens with zero attached hydrogens (tertiary/aromatic N) is 3. The van der Waals surface area contributed by atoms with E-state index in [1.807, 2.05) is 35.0 Å². The molecule has 0 unspecified atom stereocenters. The first-order chi connectivity index (χ1) is 10.8. The highest BCUT2D eigenvalue weighted by atomic mass is 16.3. The molecule has 22 heavy (non-hydrogen) atoms. The molecular weight excluding hydrogens is 274 g/mol. The summed E-state index contributed by atoms with van der Waals surface area (Å²) in [6.07, 6.45) is 1.69. The summed E-state index contributed by atoms with van der Waals surface area (Å²) in [5, 5.41) is 17.8. The third-order valence-corrected chi connectivity index (χ3v) is 3.77. The van der Waals surface area contributed by atoms with Gasteiger partial charge in [-0.25, -0.2) is 4.68 Å². The van der Waals surface area contributed by atoms with Crippen molar-refractivity contribution in [2.45, 2.75) is 26.4 Å². The van der Waals surface area contributed by atoms with Crippen LogP contribution in [0.4, 0.5) is 0 Å². The minimum atomic E-state index is -0.0872. The van der Waals surface area contributed by atoms with Crippen LogP contribution in [-0.4, -0.2) is 20.1 Å². The van der Waals surface area contributed by atoms with Gasteiger partial charge in [-0.3, -0.25) is 0 Å². The van der Waals surface area contributed by atoms with Crippen molar-refractivity contribution in [2.24, 2.45) is 0 Å². The molecule has 3 rings (SSSR count). The maximum atomic E-state index is 9.50. The second kappa shape index (κ2) is 6.54. The van der Waals surface area contributed by atoms with Crippen LogP contribution >= 0.6 is 0 Å². The normalized spacial score (nSPS) is 10.8. The van der Waals surface area contributed by atoms with Gasteiger partial charge in [0.25, 0.3) is 0 Å². The molecule has 0 spiro atoms. The van der Waals surface area contributed by atoms with E-state index >= 15 is 0 Å². The van der Waals surface area contributed by atoms with Crippen molar-refractivity contribution in [1.29, 1.82) is 0 Å². The molecule has 112 valence electrons. The van der Waals surface area contributed by atoms with Gasteiger partial charge in [-0.2, -0.15) is 0 Å². The van der Waals surface area contributed by atoms with Crippen LogP contribution in [0.1, 0.15) is 22.5 Å². The number of aryl methyl sites for hydroxylation is 2. The van der Waals surface area contributed by atoms with Gasteiger partial charge < -0.3 is 5.11 Å². The molecule has 4 heteroatoms. The first-order valence-electron chi connectivity index (χ1n) is 7.43. The number of benzene rings is 2. The van der Waals surface area contributed by atoms with Gasteiger partial charge in [0.2, 0.25) is 0 Å². The first kappa shape index (κ1) is 14.5. The van der Waals surface area contributed by atoms with Crippen LogP contribution in [0.3, 0.4) is 0 Å². The van der Waals surface area contributed by atoms with Crippen molar-refractivity contribution in [3.8, 4) is 5.69 Å². The van der Waals surface area contributed by atoms with Gasteiger partial charge in [0.15, 0.2) is 0 Å². The maximum Gasteiger partial charge on any atom is 0.112 e. The van der Waals surface area contributed by atoms with Gasteiger partial charge in [-0.1, -0.05) is 53.2 Å². The maximum absolute atomic E-state index is 9.50. The monoisotopic (exact) mass is 293 g/mol. The average molecular weight is 293 g/mol. The fraction of sp³-hybridized carbons (Fsp3) is 0.222. The molecule has 0 bridgehead atoms. The topological polar surface area (TPSA) is 50.9 Å². The highest BCUT2D eigenvalue weighted by molar-refractivity contribution is 5.33. The molecule has 0 amide bonds. The Hall–Kier alpha value is -2.46. The summed E-state index contributed by atoms with van der Waals surface area (Å²) in [6, 6.07) is 18.4. The highest BCUT2D eigenvalue weighted by Gasteiger charge is 2.13. The van der Waals surface area contributed by atoms with Gasteiger partial charge in [0, 0.05) is 0 Å². The number of rotatable bonds is 5. The molecule has 1 N–H and O–H groups in total. The summed E-state index contributed by atoms with van der Waals surface area (Å²) < 4.78 is 1.82. The van der Waals surface area contributed by atoms with E-state index in [4.69, 9.17) is 0 Å². The number of para-hydroxylation sites is 1. The van der Waals surface area contributed by atoms with Gasteiger partial charge in [-0.05, 0) is 37.5 Å². The summed E-state index contributed by atoms with van der Waals surface area (Å²) in [7, 11) is 0. The summed E-state index contributed by atoms with van der Waals surface area (Å²) in [4.78, 5) is 0. The Morgan fingerprint density at radius 1 is 0.955 bits per heavy atom. The summed E-state index contributed by atoms with van der Waals surface area (Å²) in [6.45, 7) is 2.00. The molecule has 1 heterocycles. The van der Waals surface area contributed by atoms with Crippen molar-refractivity contribution < 1.29 is 5.11 Å². The van der Waals surface area contributed by atoms with Gasteiger partial charge >= 0.3 is 0 Å². The lowest BCUT2D eigenvalue weighted by molar-refractivity contribution is 0.275. The van der Waals surface area contributed by atoms with E-state index in [1.54, 1.807) is 0 Å². The molecule has 0 saturated heterocycles.